The highest BCUT2D eigenvalue weighted by atomic mass is 32.1. The number of aliphatic hydroxyl groups excluding tert-OH is 1. The highest BCUT2D eigenvalue weighted by Gasteiger charge is 2.31. The van der Waals surface area contributed by atoms with Crippen molar-refractivity contribution in [3.05, 3.63) is 82.3 Å². The first-order valence-corrected chi connectivity index (χ1v) is 11.7. The minimum atomic E-state index is -4.44. The SMILES string of the molecule is CC(c1cccc(C(F)(F)F)c1)c1nc(-c2ccc(NC(=O)c3cscn3)cn2)cn1CCCO. The lowest BCUT2D eigenvalue weighted by Crippen LogP contribution is -2.12. The van der Waals surface area contributed by atoms with Gasteiger partial charge in [0.15, 0.2) is 0 Å². The van der Waals surface area contributed by atoms with Crippen LogP contribution in [0.3, 0.4) is 0 Å². The van der Waals surface area contributed by atoms with Crippen molar-refractivity contribution in [2.45, 2.75) is 32.0 Å². The average molecular weight is 502 g/mol. The maximum Gasteiger partial charge on any atom is 0.416 e. The molecule has 0 aliphatic heterocycles. The standard InChI is InChI=1S/C24H22F3N5O2S/c1-15(16-4-2-5-17(10-16)24(25,26)27)22-31-20(12-32(22)8-3-9-33)19-7-6-18(11-28-19)30-23(34)21-13-35-14-29-21/h2,4-7,10-15,33H,3,8-9H2,1H3,(H,30,34). The molecule has 1 aromatic carbocycles. The molecule has 4 rings (SSSR count). The third-order valence-corrected chi connectivity index (χ3v) is 6.00. The van der Waals surface area contributed by atoms with Crippen LogP contribution in [0.25, 0.3) is 11.4 Å². The average Bonchev–Trinajstić information content (AvgIpc) is 3.53. The minimum absolute atomic E-state index is 0.0312. The Balaban J connectivity index is 1.60. The van der Waals surface area contributed by atoms with Crippen LogP contribution < -0.4 is 5.32 Å². The third-order valence-electron chi connectivity index (χ3n) is 5.41. The second-order valence-corrected chi connectivity index (χ2v) is 8.58. The topological polar surface area (TPSA) is 92.9 Å². The molecule has 3 heterocycles. The van der Waals surface area contributed by atoms with Crippen molar-refractivity contribution in [3.63, 3.8) is 0 Å². The Morgan fingerprint density at radius 3 is 2.69 bits per heavy atom. The number of aromatic nitrogens is 4. The van der Waals surface area contributed by atoms with Crippen molar-refractivity contribution in [1.82, 2.24) is 19.5 Å². The Hall–Kier alpha value is -3.57. The lowest BCUT2D eigenvalue weighted by molar-refractivity contribution is -0.137. The van der Waals surface area contributed by atoms with Gasteiger partial charge in [-0.3, -0.25) is 9.78 Å². The molecule has 0 spiro atoms. The molecule has 1 unspecified atom stereocenters. The number of pyridine rings is 1. The number of imidazole rings is 1. The fraction of sp³-hybridized carbons (Fsp3) is 0.250. The molecule has 35 heavy (non-hydrogen) atoms. The molecule has 0 fully saturated rings. The van der Waals surface area contributed by atoms with Gasteiger partial charge in [0.1, 0.15) is 17.2 Å². The molecular weight excluding hydrogens is 479 g/mol. The molecule has 0 saturated heterocycles. The van der Waals surface area contributed by atoms with Crippen LogP contribution in [0.15, 0.2) is 59.7 Å². The Kier molecular flexibility index (Phi) is 7.27. The highest BCUT2D eigenvalue weighted by Crippen LogP contribution is 2.33. The van der Waals surface area contributed by atoms with Crippen molar-refractivity contribution in [2.24, 2.45) is 0 Å². The number of aliphatic hydroxyl groups is 1. The van der Waals surface area contributed by atoms with E-state index in [1.807, 2.05) is 4.57 Å². The molecule has 182 valence electrons. The molecule has 0 radical (unpaired) electrons. The van der Waals surface area contributed by atoms with Crippen LogP contribution in [0.1, 0.15) is 46.7 Å². The molecule has 3 aromatic heterocycles. The second kappa shape index (κ2) is 10.4. The van der Waals surface area contributed by atoms with Gasteiger partial charge >= 0.3 is 6.18 Å². The summed E-state index contributed by atoms with van der Waals surface area (Å²) in [5, 5.41) is 13.6. The van der Waals surface area contributed by atoms with Crippen LogP contribution in [0.4, 0.5) is 18.9 Å². The molecule has 1 amide bonds. The first kappa shape index (κ1) is 24.6. The third kappa shape index (κ3) is 5.75. The van der Waals surface area contributed by atoms with Crippen molar-refractivity contribution < 1.29 is 23.1 Å². The number of hydrogen-bond donors (Lipinski definition) is 2. The molecule has 1 atom stereocenters. The van der Waals surface area contributed by atoms with Crippen molar-refractivity contribution in [1.29, 1.82) is 0 Å². The molecule has 2 N–H and O–H groups in total. The lowest BCUT2D eigenvalue weighted by Gasteiger charge is -2.16. The molecule has 7 nitrogen and oxygen atoms in total. The van der Waals surface area contributed by atoms with Crippen LogP contribution in [0, 0.1) is 0 Å². The van der Waals surface area contributed by atoms with E-state index in [0.717, 1.165) is 12.1 Å². The van der Waals surface area contributed by atoms with E-state index in [2.05, 4.69) is 20.3 Å². The first-order valence-electron chi connectivity index (χ1n) is 10.8. The molecule has 0 bridgehead atoms. The number of thiazole rings is 1. The summed E-state index contributed by atoms with van der Waals surface area (Å²) in [4.78, 5) is 25.2. The molecule has 0 saturated carbocycles. The predicted molar refractivity (Wildman–Crippen MR) is 126 cm³/mol. The maximum atomic E-state index is 13.2. The highest BCUT2D eigenvalue weighted by molar-refractivity contribution is 7.07. The number of nitrogens with one attached hydrogen (secondary N) is 1. The number of carbonyl (C=O) groups excluding carboxylic acids is 1. The van der Waals surface area contributed by atoms with Crippen LogP contribution in [-0.2, 0) is 12.7 Å². The van der Waals surface area contributed by atoms with Gasteiger partial charge in [-0.25, -0.2) is 9.97 Å². The number of rotatable bonds is 8. The van der Waals surface area contributed by atoms with Gasteiger partial charge in [0.25, 0.3) is 5.91 Å². The monoisotopic (exact) mass is 501 g/mol. The van der Waals surface area contributed by atoms with Gasteiger partial charge in [0.05, 0.1) is 28.7 Å². The van der Waals surface area contributed by atoms with E-state index >= 15 is 0 Å². The number of nitrogens with zero attached hydrogens (tertiary/aromatic N) is 4. The van der Waals surface area contributed by atoms with Crippen molar-refractivity contribution in [3.8, 4) is 11.4 Å². The zero-order valence-corrected chi connectivity index (χ0v) is 19.5. The Morgan fingerprint density at radius 2 is 2.03 bits per heavy atom. The molecule has 11 heteroatoms. The smallest absolute Gasteiger partial charge is 0.396 e. The summed E-state index contributed by atoms with van der Waals surface area (Å²) in [6, 6.07) is 8.59. The normalized spacial score (nSPS) is 12.5. The predicted octanol–water partition coefficient (Wildman–Crippen LogP) is 5.21. The van der Waals surface area contributed by atoms with Crippen molar-refractivity contribution in [2.75, 3.05) is 11.9 Å². The Labute approximate surface area is 203 Å². The second-order valence-electron chi connectivity index (χ2n) is 7.86. The summed E-state index contributed by atoms with van der Waals surface area (Å²) in [5.74, 6) is -0.205. The fourth-order valence-corrected chi connectivity index (χ4v) is 4.12. The Bertz CT molecular complexity index is 1290. The Morgan fingerprint density at radius 1 is 1.20 bits per heavy atom. The zero-order chi connectivity index (χ0) is 25.0. The van der Waals surface area contributed by atoms with Gasteiger partial charge in [-0.2, -0.15) is 13.2 Å². The number of hydrogen-bond acceptors (Lipinski definition) is 6. The van der Waals surface area contributed by atoms with E-state index in [1.54, 1.807) is 42.2 Å². The summed E-state index contributed by atoms with van der Waals surface area (Å²) in [5.41, 5.74) is 3.22. The maximum absolute atomic E-state index is 13.2. The van der Waals surface area contributed by atoms with Gasteiger partial charge in [0.2, 0.25) is 0 Å². The number of alkyl halides is 3. The van der Waals surface area contributed by atoms with E-state index in [-0.39, 0.29) is 12.5 Å². The fourth-order valence-electron chi connectivity index (χ4n) is 3.59. The van der Waals surface area contributed by atoms with E-state index < -0.39 is 17.7 Å². The summed E-state index contributed by atoms with van der Waals surface area (Å²) >= 11 is 1.32. The van der Waals surface area contributed by atoms with Gasteiger partial charge < -0.3 is 15.0 Å². The number of benzene rings is 1. The quantitative estimate of drug-likeness (QED) is 0.346. The van der Waals surface area contributed by atoms with Gasteiger partial charge in [0, 0.05) is 30.6 Å². The molecular formula is C24H22F3N5O2S. The number of amides is 1. The van der Waals surface area contributed by atoms with Crippen molar-refractivity contribution >= 4 is 22.9 Å². The molecule has 0 aliphatic rings. The van der Waals surface area contributed by atoms with Gasteiger partial charge in [-0.1, -0.05) is 25.1 Å². The summed E-state index contributed by atoms with van der Waals surface area (Å²) in [7, 11) is 0. The van der Waals surface area contributed by atoms with E-state index in [0.29, 0.717) is 47.1 Å². The largest absolute Gasteiger partial charge is 0.416 e. The lowest BCUT2D eigenvalue weighted by atomic mass is 9.98. The number of aryl methyl sites for hydroxylation is 1. The van der Waals surface area contributed by atoms with E-state index in [9.17, 15) is 23.1 Å². The van der Waals surface area contributed by atoms with Gasteiger partial charge in [-0.05, 0) is 30.2 Å². The van der Waals surface area contributed by atoms with Crippen LogP contribution in [0.2, 0.25) is 0 Å². The van der Waals surface area contributed by atoms with Crippen LogP contribution in [-0.4, -0.2) is 37.1 Å². The number of halogens is 3. The number of anilines is 1. The molecule has 0 aliphatic carbocycles. The molecule has 4 aromatic rings. The van der Waals surface area contributed by atoms with E-state index in [1.165, 1.54) is 23.6 Å². The zero-order valence-electron chi connectivity index (χ0n) is 18.7. The summed E-state index contributed by atoms with van der Waals surface area (Å²) in [6.07, 6.45) is -0.700. The number of carbonyl (C=O) groups is 1. The minimum Gasteiger partial charge on any atom is -0.396 e. The van der Waals surface area contributed by atoms with E-state index in [4.69, 9.17) is 0 Å². The van der Waals surface area contributed by atoms with Crippen LogP contribution in [0.5, 0.6) is 0 Å². The summed E-state index contributed by atoms with van der Waals surface area (Å²) < 4.78 is 41.5. The first-order chi connectivity index (χ1) is 16.8. The van der Waals surface area contributed by atoms with Crippen LogP contribution >= 0.6 is 11.3 Å². The summed E-state index contributed by atoms with van der Waals surface area (Å²) in [6.45, 7) is 2.21. The van der Waals surface area contributed by atoms with Gasteiger partial charge in [-0.15, -0.1) is 11.3 Å².